The van der Waals surface area contributed by atoms with E-state index in [-0.39, 0.29) is 22.8 Å². The first-order valence-corrected chi connectivity index (χ1v) is 6.40. The third-order valence-corrected chi connectivity index (χ3v) is 3.33. The molecule has 1 heterocycles. The number of nitrogen functional groups attached to an aromatic ring is 1. The minimum Gasteiger partial charge on any atom is -0.465 e. The van der Waals surface area contributed by atoms with E-state index < -0.39 is 0 Å². The summed E-state index contributed by atoms with van der Waals surface area (Å²) in [6.07, 6.45) is 0. The summed E-state index contributed by atoms with van der Waals surface area (Å²) in [6.45, 7) is 0. The van der Waals surface area contributed by atoms with Crippen LogP contribution in [0.5, 0.6) is 5.88 Å². The third kappa shape index (κ3) is 2.29. The Morgan fingerprint density at radius 1 is 1.15 bits per heavy atom. The highest BCUT2D eigenvalue weighted by molar-refractivity contribution is 9.10. The van der Waals surface area contributed by atoms with Crippen LogP contribution in [0.4, 0.5) is 5.82 Å². The van der Waals surface area contributed by atoms with E-state index in [2.05, 4.69) is 27.0 Å². The van der Waals surface area contributed by atoms with Crippen LogP contribution in [-0.4, -0.2) is 7.11 Å². The molecular weight excluding hydrogens is 320 g/mol. The number of nitrogens with zero attached hydrogens (tertiary/aromatic N) is 2. The smallest absolute Gasteiger partial charge is 0.300 e. The van der Waals surface area contributed by atoms with Crippen LogP contribution in [0.1, 0.15) is 11.1 Å². The summed E-state index contributed by atoms with van der Waals surface area (Å²) in [4.78, 5) is 2.72. The maximum absolute atomic E-state index is 9.35. The maximum atomic E-state index is 9.35. The van der Waals surface area contributed by atoms with Gasteiger partial charge in [-0.2, -0.15) is 10.5 Å². The van der Waals surface area contributed by atoms with E-state index in [1.807, 2.05) is 18.2 Å². The van der Waals surface area contributed by atoms with Crippen LogP contribution in [0.15, 0.2) is 28.7 Å². The molecule has 0 radical (unpaired) electrons. The Bertz CT molecular complexity index is 742. The fraction of sp³-hybridized carbons (Fsp3) is 0.0714. The molecule has 5 nitrogen and oxygen atoms in total. The average molecular weight is 330 g/mol. The molecule has 0 unspecified atom stereocenters. The minimum atomic E-state index is 0.168. The van der Waals surface area contributed by atoms with Gasteiger partial charge in [0.2, 0.25) is 0 Å². The summed E-state index contributed by atoms with van der Waals surface area (Å²) in [5.41, 5.74) is 7.49. The second-order valence-corrected chi connectivity index (χ2v) is 4.84. The Balaban J connectivity index is 2.85. The molecule has 0 aliphatic rings. The Labute approximate surface area is 124 Å². The zero-order valence-electron chi connectivity index (χ0n) is 10.6. The van der Waals surface area contributed by atoms with Gasteiger partial charge in [0.1, 0.15) is 17.7 Å². The largest absolute Gasteiger partial charge is 0.465 e. The molecule has 2 aromatic rings. The molecule has 0 aliphatic carbocycles. The summed E-state index contributed by atoms with van der Waals surface area (Å²) in [7, 11) is 1.43. The zero-order valence-corrected chi connectivity index (χ0v) is 12.2. The number of aromatic nitrogens is 1. The third-order valence-electron chi connectivity index (χ3n) is 2.81. The minimum absolute atomic E-state index is 0.168. The number of ether oxygens (including phenoxy) is 1. The second-order valence-electron chi connectivity index (χ2n) is 3.93. The predicted octanol–water partition coefficient (Wildman–Crippen LogP) is 2.26. The van der Waals surface area contributed by atoms with Crippen molar-refractivity contribution in [3.05, 3.63) is 39.9 Å². The first-order valence-electron chi connectivity index (χ1n) is 5.61. The van der Waals surface area contributed by atoms with Crippen LogP contribution in [0, 0.1) is 22.7 Å². The van der Waals surface area contributed by atoms with E-state index in [4.69, 9.17) is 10.5 Å². The monoisotopic (exact) mass is 329 g/mol. The lowest BCUT2D eigenvalue weighted by Gasteiger charge is -2.09. The van der Waals surface area contributed by atoms with E-state index in [1.165, 1.54) is 7.11 Å². The van der Waals surface area contributed by atoms with E-state index in [0.717, 1.165) is 10.0 Å². The summed E-state index contributed by atoms with van der Waals surface area (Å²) in [5, 5.41) is 18.6. The van der Waals surface area contributed by atoms with E-state index >= 15 is 0 Å². The predicted molar refractivity (Wildman–Crippen MR) is 76.5 cm³/mol. The molecule has 0 amide bonds. The number of methoxy groups -OCH3 is 1. The van der Waals surface area contributed by atoms with Crippen LogP contribution in [0.2, 0.25) is 0 Å². The Kier molecular flexibility index (Phi) is 3.88. The molecule has 3 N–H and O–H groups in total. The van der Waals surface area contributed by atoms with Crippen LogP contribution in [0.3, 0.4) is 0 Å². The summed E-state index contributed by atoms with van der Waals surface area (Å²) in [6, 6.07) is 11.4. The van der Waals surface area contributed by atoms with E-state index in [1.54, 1.807) is 12.1 Å². The normalized spacial score (nSPS) is 9.60. The van der Waals surface area contributed by atoms with Gasteiger partial charge in [-0.25, -0.2) is 4.98 Å². The molecule has 0 fully saturated rings. The van der Waals surface area contributed by atoms with Crippen molar-refractivity contribution in [1.82, 2.24) is 0 Å². The fourth-order valence-electron chi connectivity index (χ4n) is 1.90. The van der Waals surface area contributed by atoms with Crippen LogP contribution < -0.4 is 15.5 Å². The van der Waals surface area contributed by atoms with Crippen molar-refractivity contribution in [3.8, 4) is 29.1 Å². The number of hydrogen-bond donors (Lipinski definition) is 1. The number of benzene rings is 1. The van der Waals surface area contributed by atoms with E-state index in [9.17, 15) is 10.5 Å². The van der Waals surface area contributed by atoms with Gasteiger partial charge in [-0.05, 0) is 17.7 Å². The van der Waals surface area contributed by atoms with E-state index in [0.29, 0.717) is 5.56 Å². The first-order chi connectivity index (χ1) is 9.62. The molecule has 0 saturated carbocycles. The van der Waals surface area contributed by atoms with Crippen molar-refractivity contribution in [2.45, 2.75) is 0 Å². The molecule has 0 spiro atoms. The number of anilines is 1. The Morgan fingerprint density at radius 2 is 1.75 bits per heavy atom. The molecular formula is C14H10BrN4O+. The number of aromatic amines is 1. The molecule has 1 aromatic heterocycles. The average Bonchev–Trinajstić information content (AvgIpc) is 2.46. The topological polar surface area (TPSA) is 97.0 Å². The van der Waals surface area contributed by atoms with Crippen molar-refractivity contribution in [3.63, 3.8) is 0 Å². The lowest BCUT2D eigenvalue weighted by Crippen LogP contribution is -2.18. The molecule has 2 rings (SSSR count). The molecule has 0 atom stereocenters. The van der Waals surface area contributed by atoms with Gasteiger partial charge in [0.25, 0.3) is 5.82 Å². The molecule has 6 heteroatoms. The number of nitrogens with one attached hydrogen (secondary N) is 1. The summed E-state index contributed by atoms with van der Waals surface area (Å²) in [5.74, 6) is 0.406. The summed E-state index contributed by atoms with van der Waals surface area (Å²) < 4.78 is 6.03. The Hall–Kier alpha value is -2.57. The molecule has 0 bridgehead atoms. The standard InChI is InChI=1S/C14H9BrN4O/c1-20-14-11(7-17)12(10(6-16)13(18)19-14)8-2-4-9(15)5-3-8/h2-5H,1H3,(H2,18,19)/p+1. The highest BCUT2D eigenvalue weighted by Gasteiger charge is 2.23. The van der Waals surface area contributed by atoms with Gasteiger partial charge in [-0.15, -0.1) is 0 Å². The SMILES string of the molecule is COc1[nH+]c(N)c(C#N)c(-c2ccc(Br)cc2)c1C#N. The van der Waals surface area contributed by atoms with Gasteiger partial charge < -0.3 is 4.74 Å². The number of hydrogen-bond acceptors (Lipinski definition) is 4. The van der Waals surface area contributed by atoms with Crippen LogP contribution in [0.25, 0.3) is 11.1 Å². The van der Waals surface area contributed by atoms with Crippen molar-refractivity contribution in [2.24, 2.45) is 0 Å². The molecule has 0 saturated heterocycles. The quantitative estimate of drug-likeness (QED) is 0.913. The number of rotatable bonds is 2. The number of nitriles is 2. The number of pyridine rings is 1. The number of H-pyrrole nitrogens is 1. The zero-order chi connectivity index (χ0) is 14.7. The second kappa shape index (κ2) is 5.60. The van der Waals surface area contributed by atoms with Gasteiger partial charge in [0.05, 0.1) is 7.11 Å². The van der Waals surface area contributed by atoms with Gasteiger partial charge >= 0.3 is 5.88 Å². The molecule has 0 aliphatic heterocycles. The molecule has 20 heavy (non-hydrogen) atoms. The maximum Gasteiger partial charge on any atom is 0.300 e. The fourth-order valence-corrected chi connectivity index (χ4v) is 2.17. The van der Waals surface area contributed by atoms with Gasteiger partial charge in [0.15, 0.2) is 5.56 Å². The lowest BCUT2D eigenvalue weighted by atomic mass is 9.96. The highest BCUT2D eigenvalue weighted by atomic mass is 79.9. The summed E-state index contributed by atoms with van der Waals surface area (Å²) >= 11 is 3.35. The number of halogens is 1. The lowest BCUT2D eigenvalue weighted by molar-refractivity contribution is -0.376. The Morgan fingerprint density at radius 3 is 2.25 bits per heavy atom. The van der Waals surface area contributed by atoms with Crippen molar-refractivity contribution in [2.75, 3.05) is 12.8 Å². The molecule has 98 valence electrons. The van der Waals surface area contributed by atoms with Crippen molar-refractivity contribution < 1.29 is 9.72 Å². The van der Waals surface area contributed by atoms with Crippen molar-refractivity contribution >= 4 is 21.7 Å². The van der Waals surface area contributed by atoms with Crippen LogP contribution >= 0.6 is 15.9 Å². The molecule has 1 aromatic carbocycles. The van der Waals surface area contributed by atoms with Gasteiger partial charge in [-0.1, -0.05) is 28.1 Å². The van der Waals surface area contributed by atoms with Gasteiger partial charge in [0, 0.05) is 10.0 Å². The number of nitrogens with two attached hydrogens (primary N) is 1. The van der Waals surface area contributed by atoms with Crippen molar-refractivity contribution in [1.29, 1.82) is 10.5 Å². The first kappa shape index (κ1) is 13.9. The van der Waals surface area contributed by atoms with Crippen LogP contribution in [-0.2, 0) is 0 Å². The van der Waals surface area contributed by atoms with Gasteiger partial charge in [-0.3, -0.25) is 5.73 Å². The highest BCUT2D eigenvalue weighted by Crippen LogP contribution is 2.33.